The smallest absolute Gasteiger partial charge is 0.267 e. The lowest BCUT2D eigenvalue weighted by atomic mass is 10.1. The zero-order chi connectivity index (χ0) is 22.9. The topological polar surface area (TPSA) is 83.9 Å². The van der Waals surface area contributed by atoms with E-state index in [2.05, 4.69) is 29.3 Å². The summed E-state index contributed by atoms with van der Waals surface area (Å²) in [6, 6.07) is 17.6. The predicted octanol–water partition coefficient (Wildman–Crippen LogP) is 5.05. The first kappa shape index (κ1) is 20.6. The average Bonchev–Trinajstić information content (AvgIpc) is 3.48. The van der Waals surface area contributed by atoms with Crippen molar-refractivity contribution in [2.24, 2.45) is 0 Å². The SMILES string of the molecule is COc1cc(-c2nnc(-c3c(-c4ccc(C)cc4)nc4ccccn34)o2)cc(OC)c1OC. The monoisotopic (exact) mass is 442 g/mol. The van der Waals surface area contributed by atoms with E-state index in [1.807, 2.05) is 40.9 Å². The summed E-state index contributed by atoms with van der Waals surface area (Å²) in [4.78, 5) is 4.83. The molecule has 0 unspecified atom stereocenters. The van der Waals surface area contributed by atoms with Gasteiger partial charge in [-0.25, -0.2) is 4.98 Å². The van der Waals surface area contributed by atoms with Gasteiger partial charge in [0, 0.05) is 17.3 Å². The van der Waals surface area contributed by atoms with Crippen molar-refractivity contribution in [3.63, 3.8) is 0 Å². The first-order valence-corrected chi connectivity index (χ1v) is 10.3. The molecule has 5 rings (SSSR count). The summed E-state index contributed by atoms with van der Waals surface area (Å²) in [7, 11) is 4.68. The van der Waals surface area contributed by atoms with Crippen molar-refractivity contribution in [3.8, 4) is 51.5 Å². The van der Waals surface area contributed by atoms with Gasteiger partial charge in [0.05, 0.1) is 21.3 Å². The highest BCUT2D eigenvalue weighted by Crippen LogP contribution is 2.41. The van der Waals surface area contributed by atoms with Crippen molar-refractivity contribution in [2.45, 2.75) is 6.92 Å². The van der Waals surface area contributed by atoms with Crippen LogP contribution in [0, 0.1) is 6.92 Å². The van der Waals surface area contributed by atoms with Crippen LogP contribution in [0.3, 0.4) is 0 Å². The standard InChI is InChI=1S/C25H22N4O4/c1-15-8-10-16(11-9-15)21-22(29-12-6-5-7-20(29)26-21)25-28-27-24(33-25)17-13-18(30-2)23(32-4)19(14-17)31-3/h5-14H,1-4H3. The Kier molecular flexibility index (Phi) is 5.18. The molecule has 3 aromatic heterocycles. The fourth-order valence-corrected chi connectivity index (χ4v) is 3.75. The van der Waals surface area contributed by atoms with E-state index < -0.39 is 0 Å². The summed E-state index contributed by atoms with van der Waals surface area (Å²) in [6.07, 6.45) is 1.93. The molecule has 0 N–H and O–H groups in total. The molecule has 8 heteroatoms. The van der Waals surface area contributed by atoms with Gasteiger partial charge in [-0.05, 0) is 31.2 Å². The van der Waals surface area contributed by atoms with Crippen molar-refractivity contribution in [1.29, 1.82) is 0 Å². The lowest BCUT2D eigenvalue weighted by molar-refractivity contribution is 0.324. The van der Waals surface area contributed by atoms with Crippen LogP contribution >= 0.6 is 0 Å². The molecule has 33 heavy (non-hydrogen) atoms. The van der Waals surface area contributed by atoms with Crippen molar-refractivity contribution >= 4 is 5.65 Å². The minimum absolute atomic E-state index is 0.324. The molecule has 0 saturated carbocycles. The second-order valence-electron chi connectivity index (χ2n) is 7.43. The molecule has 0 spiro atoms. The Balaban J connectivity index is 1.66. The first-order valence-electron chi connectivity index (χ1n) is 10.3. The van der Waals surface area contributed by atoms with Crippen molar-refractivity contribution < 1.29 is 18.6 Å². The van der Waals surface area contributed by atoms with Crippen LogP contribution in [0.2, 0.25) is 0 Å². The lowest BCUT2D eigenvalue weighted by Crippen LogP contribution is -1.95. The molecule has 3 heterocycles. The van der Waals surface area contributed by atoms with Crippen molar-refractivity contribution in [3.05, 3.63) is 66.4 Å². The number of imidazole rings is 1. The number of hydrogen-bond donors (Lipinski definition) is 0. The number of benzene rings is 2. The van der Waals surface area contributed by atoms with Gasteiger partial charge in [0.2, 0.25) is 11.6 Å². The molecule has 0 fully saturated rings. The number of methoxy groups -OCH3 is 3. The Labute approximate surface area is 190 Å². The van der Waals surface area contributed by atoms with Crippen LogP contribution in [0.1, 0.15) is 5.56 Å². The Morgan fingerprint density at radius 3 is 2.15 bits per heavy atom. The molecule has 8 nitrogen and oxygen atoms in total. The molecule has 0 aliphatic carbocycles. The zero-order valence-electron chi connectivity index (χ0n) is 18.7. The van der Waals surface area contributed by atoms with Crippen LogP contribution in [-0.2, 0) is 0 Å². The van der Waals surface area contributed by atoms with Crippen LogP contribution in [0.5, 0.6) is 17.2 Å². The van der Waals surface area contributed by atoms with Gasteiger partial charge < -0.3 is 18.6 Å². The van der Waals surface area contributed by atoms with Gasteiger partial charge in [-0.2, -0.15) is 0 Å². The molecule has 0 bridgehead atoms. The van der Waals surface area contributed by atoms with Gasteiger partial charge in [-0.15, -0.1) is 10.2 Å². The summed E-state index contributed by atoms with van der Waals surface area (Å²) in [5, 5.41) is 8.65. The molecular weight excluding hydrogens is 420 g/mol. The second kappa shape index (κ2) is 8.31. The molecule has 0 amide bonds. The maximum atomic E-state index is 6.15. The van der Waals surface area contributed by atoms with E-state index in [-0.39, 0.29) is 0 Å². The van der Waals surface area contributed by atoms with Crippen molar-refractivity contribution in [1.82, 2.24) is 19.6 Å². The first-order chi connectivity index (χ1) is 16.1. The number of rotatable bonds is 6. The minimum Gasteiger partial charge on any atom is -0.493 e. The average molecular weight is 442 g/mol. The van der Waals surface area contributed by atoms with Crippen LogP contribution in [0.4, 0.5) is 0 Å². The molecule has 0 atom stereocenters. The van der Waals surface area contributed by atoms with Gasteiger partial charge in [0.25, 0.3) is 5.89 Å². The number of ether oxygens (including phenoxy) is 3. The van der Waals surface area contributed by atoms with E-state index in [0.29, 0.717) is 34.6 Å². The number of fused-ring (bicyclic) bond motifs is 1. The Morgan fingerprint density at radius 2 is 1.48 bits per heavy atom. The summed E-state index contributed by atoms with van der Waals surface area (Å²) >= 11 is 0. The van der Waals surface area contributed by atoms with Gasteiger partial charge in [0.1, 0.15) is 17.0 Å². The summed E-state index contributed by atoms with van der Waals surface area (Å²) in [5.74, 6) is 2.17. The molecule has 0 radical (unpaired) electrons. The number of nitrogens with zero attached hydrogens (tertiary/aromatic N) is 4. The molecular formula is C25H22N4O4. The molecule has 0 aliphatic rings. The third-order valence-electron chi connectivity index (χ3n) is 5.39. The van der Waals surface area contributed by atoms with Gasteiger partial charge in [-0.3, -0.25) is 4.40 Å². The maximum absolute atomic E-state index is 6.15. The quantitative estimate of drug-likeness (QED) is 0.364. The van der Waals surface area contributed by atoms with Crippen molar-refractivity contribution in [2.75, 3.05) is 21.3 Å². The van der Waals surface area contributed by atoms with Crippen LogP contribution in [0.25, 0.3) is 39.9 Å². The third kappa shape index (κ3) is 3.55. The number of hydrogen-bond acceptors (Lipinski definition) is 7. The minimum atomic E-state index is 0.324. The van der Waals surface area contributed by atoms with Gasteiger partial charge in [0.15, 0.2) is 11.5 Å². The Hall–Kier alpha value is -4.33. The third-order valence-corrected chi connectivity index (χ3v) is 5.39. The normalized spacial score (nSPS) is 11.0. The van der Waals surface area contributed by atoms with E-state index >= 15 is 0 Å². The highest BCUT2D eigenvalue weighted by molar-refractivity contribution is 5.79. The maximum Gasteiger partial charge on any atom is 0.267 e. The Bertz CT molecular complexity index is 1410. The number of aromatic nitrogens is 4. The van der Waals surface area contributed by atoms with Gasteiger partial charge >= 0.3 is 0 Å². The predicted molar refractivity (Wildman–Crippen MR) is 124 cm³/mol. The van der Waals surface area contributed by atoms with Crippen LogP contribution in [0.15, 0.2) is 65.2 Å². The van der Waals surface area contributed by atoms with E-state index in [1.54, 1.807) is 33.5 Å². The fraction of sp³-hybridized carbons (Fsp3) is 0.160. The number of pyridine rings is 1. The summed E-state index contributed by atoms with van der Waals surface area (Å²) < 4.78 is 24.4. The van der Waals surface area contributed by atoms with Crippen LogP contribution in [-0.4, -0.2) is 40.9 Å². The van der Waals surface area contributed by atoms with E-state index in [0.717, 1.165) is 22.6 Å². The highest BCUT2D eigenvalue weighted by Gasteiger charge is 2.23. The van der Waals surface area contributed by atoms with Gasteiger partial charge in [-0.1, -0.05) is 35.9 Å². The van der Waals surface area contributed by atoms with E-state index in [4.69, 9.17) is 23.6 Å². The summed E-state index contributed by atoms with van der Waals surface area (Å²) in [5.41, 5.74) is 5.06. The zero-order valence-corrected chi connectivity index (χ0v) is 18.7. The molecule has 0 aliphatic heterocycles. The number of aryl methyl sites for hydroxylation is 1. The largest absolute Gasteiger partial charge is 0.493 e. The molecule has 2 aromatic carbocycles. The molecule has 0 saturated heterocycles. The van der Waals surface area contributed by atoms with E-state index in [9.17, 15) is 0 Å². The van der Waals surface area contributed by atoms with Crippen LogP contribution < -0.4 is 14.2 Å². The van der Waals surface area contributed by atoms with E-state index in [1.165, 1.54) is 5.56 Å². The molecule has 5 aromatic rings. The second-order valence-corrected chi connectivity index (χ2v) is 7.43. The summed E-state index contributed by atoms with van der Waals surface area (Å²) in [6.45, 7) is 2.05. The Morgan fingerprint density at radius 1 is 0.788 bits per heavy atom. The fourth-order valence-electron chi connectivity index (χ4n) is 3.75. The molecule has 166 valence electrons. The lowest BCUT2D eigenvalue weighted by Gasteiger charge is -2.12. The highest BCUT2D eigenvalue weighted by atomic mass is 16.5.